The Balaban J connectivity index is 1.66. The molecule has 4 aromatic rings. The summed E-state index contributed by atoms with van der Waals surface area (Å²) in [5, 5.41) is 12.0. The van der Waals surface area contributed by atoms with Crippen LogP contribution < -0.4 is 10.1 Å². The molecule has 0 unspecified atom stereocenters. The molecule has 0 spiro atoms. The van der Waals surface area contributed by atoms with Gasteiger partial charge in [-0.25, -0.2) is 14.8 Å². The van der Waals surface area contributed by atoms with Gasteiger partial charge in [0.1, 0.15) is 4.60 Å². The Kier molecular flexibility index (Phi) is 5.09. The monoisotopic (exact) mass is 492 g/mol. The first kappa shape index (κ1) is 20.5. The van der Waals surface area contributed by atoms with Crippen molar-refractivity contribution in [2.75, 3.05) is 7.11 Å². The molecule has 1 amide bonds. The Morgan fingerprint density at radius 2 is 1.81 bits per heavy atom. The summed E-state index contributed by atoms with van der Waals surface area (Å²) < 4.78 is 8.11. The van der Waals surface area contributed by atoms with E-state index in [0.717, 1.165) is 47.3 Å². The van der Waals surface area contributed by atoms with Crippen molar-refractivity contribution < 1.29 is 14.6 Å². The number of nitrogens with one attached hydrogen (secondary N) is 1. The van der Waals surface area contributed by atoms with Gasteiger partial charge in [0, 0.05) is 17.3 Å². The van der Waals surface area contributed by atoms with Crippen molar-refractivity contribution in [1.29, 1.82) is 0 Å². The molecule has 0 aliphatic heterocycles. The lowest BCUT2D eigenvalue weighted by atomic mass is 9.72. The molecular weight excluding hydrogens is 472 g/mol. The summed E-state index contributed by atoms with van der Waals surface area (Å²) in [6.07, 6.45) is 3.50. The van der Waals surface area contributed by atoms with Gasteiger partial charge in [0.25, 0.3) is 5.88 Å². The number of hydrogen-bond donors (Lipinski definition) is 2. The molecule has 1 fully saturated rings. The number of rotatable bonds is 5. The quantitative estimate of drug-likeness (QED) is 0.384. The number of hydrogen-bond acceptors (Lipinski definition) is 4. The maximum Gasteiger partial charge on any atom is 0.405 e. The van der Waals surface area contributed by atoms with Crippen molar-refractivity contribution in [3.05, 3.63) is 71.0 Å². The van der Waals surface area contributed by atoms with Gasteiger partial charge < -0.3 is 15.2 Å². The van der Waals surface area contributed by atoms with Crippen LogP contribution in [0.25, 0.3) is 28.2 Å². The van der Waals surface area contributed by atoms with Crippen LogP contribution >= 0.6 is 15.9 Å². The molecule has 0 saturated heterocycles. The standard InChI is InChI=1S/C24H21BrN4O3/c1-32-22-21-27-19(20(16-6-3-2-4-7-16)29(21)14-18(25)26-22)15-8-10-17(11-9-15)24(12-5-13-24)28-23(30)31/h2-4,6-11,14,28H,5,12-13H2,1H3,(H,30,31). The lowest BCUT2D eigenvalue weighted by molar-refractivity contribution is 0.144. The van der Waals surface area contributed by atoms with E-state index >= 15 is 0 Å². The number of fused-ring (bicyclic) bond motifs is 1. The Morgan fingerprint density at radius 1 is 1.09 bits per heavy atom. The first-order chi connectivity index (χ1) is 15.5. The van der Waals surface area contributed by atoms with Crippen LogP contribution in [0.3, 0.4) is 0 Å². The maximum absolute atomic E-state index is 11.3. The topological polar surface area (TPSA) is 88.8 Å². The Labute approximate surface area is 193 Å². The maximum atomic E-state index is 11.3. The summed E-state index contributed by atoms with van der Waals surface area (Å²) in [4.78, 5) is 20.6. The lowest BCUT2D eigenvalue weighted by Gasteiger charge is -2.42. The number of halogens is 1. The van der Waals surface area contributed by atoms with E-state index < -0.39 is 11.6 Å². The molecule has 2 heterocycles. The van der Waals surface area contributed by atoms with E-state index in [-0.39, 0.29) is 0 Å². The molecule has 32 heavy (non-hydrogen) atoms. The highest BCUT2D eigenvalue weighted by Crippen LogP contribution is 2.42. The van der Waals surface area contributed by atoms with Gasteiger partial charge in [-0.05, 0) is 40.8 Å². The van der Waals surface area contributed by atoms with Gasteiger partial charge in [-0.3, -0.25) is 4.40 Å². The van der Waals surface area contributed by atoms with Crippen LogP contribution in [-0.4, -0.2) is 32.7 Å². The van der Waals surface area contributed by atoms with Crippen molar-refractivity contribution in [2.24, 2.45) is 0 Å². The van der Waals surface area contributed by atoms with E-state index in [4.69, 9.17) is 9.72 Å². The number of aromatic nitrogens is 3. The van der Waals surface area contributed by atoms with Crippen molar-refractivity contribution in [3.8, 4) is 28.4 Å². The number of amides is 1. The second kappa shape index (κ2) is 7.94. The highest BCUT2D eigenvalue weighted by atomic mass is 79.9. The smallest absolute Gasteiger partial charge is 0.405 e. The summed E-state index contributed by atoms with van der Waals surface area (Å²) >= 11 is 3.47. The molecule has 2 N–H and O–H groups in total. The minimum absolute atomic E-state index is 0.429. The van der Waals surface area contributed by atoms with Crippen molar-refractivity contribution in [1.82, 2.24) is 19.7 Å². The number of benzene rings is 2. The third kappa shape index (κ3) is 3.40. The van der Waals surface area contributed by atoms with E-state index in [9.17, 15) is 9.90 Å². The molecule has 5 rings (SSSR count). The zero-order valence-corrected chi connectivity index (χ0v) is 19.0. The summed E-state index contributed by atoms with van der Waals surface area (Å²) in [6.45, 7) is 0. The molecule has 0 atom stereocenters. The van der Waals surface area contributed by atoms with Gasteiger partial charge in [-0.15, -0.1) is 0 Å². The molecule has 7 nitrogen and oxygen atoms in total. The lowest BCUT2D eigenvalue weighted by Crippen LogP contribution is -2.50. The molecule has 1 aliphatic carbocycles. The SMILES string of the molecule is COc1nc(Br)cn2c(-c3ccccc3)c(-c3ccc(C4(NC(=O)O)CCC4)cc3)nc12. The van der Waals surface area contributed by atoms with E-state index in [1.54, 1.807) is 7.11 Å². The highest BCUT2D eigenvalue weighted by Gasteiger charge is 2.40. The molecule has 1 aliphatic rings. The van der Waals surface area contributed by atoms with Gasteiger partial charge in [0.15, 0.2) is 0 Å². The summed E-state index contributed by atoms with van der Waals surface area (Å²) in [6, 6.07) is 18.0. The van der Waals surface area contributed by atoms with Crippen LogP contribution in [0.15, 0.2) is 65.4 Å². The van der Waals surface area contributed by atoms with Crippen molar-refractivity contribution in [3.63, 3.8) is 0 Å². The van der Waals surface area contributed by atoms with Crippen molar-refractivity contribution in [2.45, 2.75) is 24.8 Å². The van der Waals surface area contributed by atoms with E-state index in [2.05, 4.69) is 26.2 Å². The second-order valence-electron chi connectivity index (χ2n) is 7.88. The average Bonchev–Trinajstić information content (AvgIpc) is 3.15. The molecular formula is C24H21BrN4O3. The third-order valence-corrected chi connectivity index (χ3v) is 6.43. The van der Waals surface area contributed by atoms with Gasteiger partial charge in [-0.2, -0.15) is 0 Å². The first-order valence-corrected chi connectivity index (χ1v) is 11.1. The predicted molar refractivity (Wildman–Crippen MR) is 125 cm³/mol. The zero-order valence-electron chi connectivity index (χ0n) is 17.4. The van der Waals surface area contributed by atoms with Crippen LogP contribution in [0, 0.1) is 0 Å². The number of imidazole rings is 1. The summed E-state index contributed by atoms with van der Waals surface area (Å²) in [5.74, 6) is 0.429. The molecule has 1 saturated carbocycles. The van der Waals surface area contributed by atoms with E-state index in [1.165, 1.54) is 0 Å². The average molecular weight is 493 g/mol. The van der Waals surface area contributed by atoms with Crippen LogP contribution in [0.5, 0.6) is 5.88 Å². The van der Waals surface area contributed by atoms with Crippen LogP contribution in [0.1, 0.15) is 24.8 Å². The van der Waals surface area contributed by atoms with Gasteiger partial charge in [0.2, 0.25) is 5.65 Å². The fourth-order valence-corrected chi connectivity index (χ4v) is 4.74. The molecule has 162 valence electrons. The van der Waals surface area contributed by atoms with E-state index in [1.807, 2.05) is 65.2 Å². The number of carbonyl (C=O) groups is 1. The largest absolute Gasteiger partial charge is 0.478 e. The summed E-state index contributed by atoms with van der Waals surface area (Å²) in [7, 11) is 1.58. The Bertz CT molecular complexity index is 1300. The van der Waals surface area contributed by atoms with Gasteiger partial charge >= 0.3 is 6.09 Å². The van der Waals surface area contributed by atoms with Gasteiger partial charge in [0.05, 0.1) is 24.0 Å². The first-order valence-electron chi connectivity index (χ1n) is 10.3. The van der Waals surface area contributed by atoms with Crippen molar-refractivity contribution >= 4 is 27.7 Å². The van der Waals surface area contributed by atoms with E-state index in [0.29, 0.717) is 16.1 Å². The number of carboxylic acid groups (broad SMARTS) is 1. The van der Waals surface area contributed by atoms with Crippen LogP contribution in [0.2, 0.25) is 0 Å². The fraction of sp³-hybridized carbons (Fsp3) is 0.208. The third-order valence-electron chi connectivity index (χ3n) is 6.05. The predicted octanol–water partition coefficient (Wildman–Crippen LogP) is 5.48. The van der Waals surface area contributed by atoms with Crippen LogP contribution in [-0.2, 0) is 5.54 Å². The molecule has 8 heteroatoms. The normalized spacial score (nSPS) is 14.7. The summed E-state index contributed by atoms with van der Waals surface area (Å²) in [5.41, 5.74) is 4.77. The molecule has 2 aromatic heterocycles. The highest BCUT2D eigenvalue weighted by molar-refractivity contribution is 9.10. The second-order valence-corrected chi connectivity index (χ2v) is 8.70. The van der Waals surface area contributed by atoms with Gasteiger partial charge in [-0.1, -0.05) is 54.6 Å². The molecule has 0 bridgehead atoms. The minimum atomic E-state index is -0.995. The number of nitrogens with zero attached hydrogens (tertiary/aromatic N) is 3. The van der Waals surface area contributed by atoms with Crippen LogP contribution in [0.4, 0.5) is 4.79 Å². The Hall–Kier alpha value is -3.39. The Morgan fingerprint density at radius 3 is 2.41 bits per heavy atom. The number of methoxy groups -OCH3 is 1. The fourth-order valence-electron chi connectivity index (χ4n) is 4.37. The number of ether oxygens (including phenoxy) is 1. The molecule has 2 aromatic carbocycles. The zero-order chi connectivity index (χ0) is 22.3. The minimum Gasteiger partial charge on any atom is -0.478 e. The molecule has 0 radical (unpaired) electrons.